The summed E-state index contributed by atoms with van der Waals surface area (Å²) in [5.41, 5.74) is 2.65. The highest BCUT2D eigenvalue weighted by Gasteiger charge is 2.19. The van der Waals surface area contributed by atoms with Crippen molar-refractivity contribution in [1.29, 1.82) is 0 Å². The molecule has 1 amide bonds. The normalized spacial score (nSPS) is 11.9. The van der Waals surface area contributed by atoms with Gasteiger partial charge in [-0.2, -0.15) is 0 Å². The number of nitrogens with zero attached hydrogens (tertiary/aromatic N) is 2. The molecule has 0 saturated heterocycles. The predicted molar refractivity (Wildman–Crippen MR) is 110 cm³/mol. The van der Waals surface area contributed by atoms with Crippen molar-refractivity contribution in [2.75, 3.05) is 12.4 Å². The molecule has 7 heteroatoms. The predicted octanol–water partition coefficient (Wildman–Crippen LogP) is 4.96. The molecule has 0 saturated carbocycles. The third kappa shape index (κ3) is 4.64. The van der Waals surface area contributed by atoms with E-state index in [9.17, 15) is 4.79 Å². The first-order valence-electron chi connectivity index (χ1n) is 8.39. The third-order valence-corrected chi connectivity index (χ3v) is 5.31. The highest BCUT2D eigenvalue weighted by molar-refractivity contribution is 8.00. The SMILES string of the molecule is COc1ccc(C)cc1NC(=O)[C@@H](C)Sc1nccn1-c1ccc(Cl)cc1. The van der Waals surface area contributed by atoms with Crippen LogP contribution in [0, 0.1) is 6.92 Å². The second kappa shape index (κ2) is 8.50. The Morgan fingerprint density at radius 2 is 2.00 bits per heavy atom. The minimum atomic E-state index is -0.344. The van der Waals surface area contributed by atoms with Crippen LogP contribution in [0.4, 0.5) is 5.69 Å². The summed E-state index contributed by atoms with van der Waals surface area (Å²) in [5, 5.41) is 4.00. The summed E-state index contributed by atoms with van der Waals surface area (Å²) in [7, 11) is 1.58. The number of hydrogen-bond donors (Lipinski definition) is 1. The number of hydrogen-bond acceptors (Lipinski definition) is 4. The first kappa shape index (κ1) is 19.3. The van der Waals surface area contributed by atoms with Gasteiger partial charge < -0.3 is 10.1 Å². The molecule has 0 aliphatic rings. The number of methoxy groups -OCH3 is 1. The molecular weight excluding hydrogens is 382 g/mol. The number of carbonyl (C=O) groups excluding carboxylic acids is 1. The zero-order valence-corrected chi connectivity index (χ0v) is 16.8. The molecule has 3 aromatic rings. The molecule has 0 unspecified atom stereocenters. The monoisotopic (exact) mass is 401 g/mol. The van der Waals surface area contributed by atoms with Crippen LogP contribution in [0.15, 0.2) is 60.0 Å². The quantitative estimate of drug-likeness (QED) is 0.593. The van der Waals surface area contributed by atoms with Crippen molar-refractivity contribution >= 4 is 35.0 Å². The number of thioether (sulfide) groups is 1. The fraction of sp³-hybridized carbons (Fsp3) is 0.200. The van der Waals surface area contributed by atoms with Crippen molar-refractivity contribution in [2.45, 2.75) is 24.3 Å². The number of aryl methyl sites for hydroxylation is 1. The largest absolute Gasteiger partial charge is 0.495 e. The molecule has 0 spiro atoms. The van der Waals surface area contributed by atoms with Crippen LogP contribution >= 0.6 is 23.4 Å². The van der Waals surface area contributed by atoms with Crippen LogP contribution in [0.25, 0.3) is 5.69 Å². The van der Waals surface area contributed by atoms with E-state index >= 15 is 0 Å². The first-order chi connectivity index (χ1) is 13.0. The minimum Gasteiger partial charge on any atom is -0.495 e. The van der Waals surface area contributed by atoms with Gasteiger partial charge in [0.1, 0.15) is 5.75 Å². The maximum Gasteiger partial charge on any atom is 0.237 e. The average Bonchev–Trinajstić information content (AvgIpc) is 3.10. The number of anilines is 1. The van der Waals surface area contributed by atoms with E-state index in [1.165, 1.54) is 11.8 Å². The molecular formula is C20H20ClN3O2S. The Morgan fingerprint density at radius 1 is 1.26 bits per heavy atom. The smallest absolute Gasteiger partial charge is 0.237 e. The Labute approximate surface area is 167 Å². The highest BCUT2D eigenvalue weighted by atomic mass is 35.5. The molecule has 3 rings (SSSR count). The third-order valence-electron chi connectivity index (χ3n) is 3.98. The number of carbonyl (C=O) groups is 1. The summed E-state index contributed by atoms with van der Waals surface area (Å²) in [6.07, 6.45) is 3.57. The van der Waals surface area contributed by atoms with Gasteiger partial charge in [-0.25, -0.2) is 4.98 Å². The van der Waals surface area contributed by atoms with Crippen LogP contribution in [-0.4, -0.2) is 27.8 Å². The van der Waals surface area contributed by atoms with Crippen LogP contribution < -0.4 is 10.1 Å². The summed E-state index contributed by atoms with van der Waals surface area (Å²) in [6, 6.07) is 13.2. The van der Waals surface area contributed by atoms with E-state index in [4.69, 9.17) is 16.3 Å². The molecule has 0 aliphatic carbocycles. The topological polar surface area (TPSA) is 56.1 Å². The molecule has 0 aliphatic heterocycles. The number of benzene rings is 2. The Kier molecular flexibility index (Phi) is 6.08. The number of imidazole rings is 1. The van der Waals surface area contributed by atoms with E-state index in [1.54, 1.807) is 13.3 Å². The highest BCUT2D eigenvalue weighted by Crippen LogP contribution is 2.29. The number of halogens is 1. The Bertz CT molecular complexity index is 941. The lowest BCUT2D eigenvalue weighted by Crippen LogP contribution is -2.23. The van der Waals surface area contributed by atoms with Gasteiger partial charge in [0.05, 0.1) is 18.0 Å². The van der Waals surface area contributed by atoms with Crippen molar-refractivity contribution in [2.24, 2.45) is 0 Å². The van der Waals surface area contributed by atoms with E-state index in [2.05, 4.69) is 10.3 Å². The van der Waals surface area contributed by atoms with Crippen LogP contribution in [0.3, 0.4) is 0 Å². The van der Waals surface area contributed by atoms with Crippen molar-refractivity contribution < 1.29 is 9.53 Å². The number of ether oxygens (including phenoxy) is 1. The number of nitrogens with one attached hydrogen (secondary N) is 1. The second-order valence-corrected chi connectivity index (χ2v) is 7.75. The molecule has 0 bridgehead atoms. The van der Waals surface area contributed by atoms with Crippen LogP contribution in [0.1, 0.15) is 12.5 Å². The zero-order chi connectivity index (χ0) is 19.4. The fourth-order valence-corrected chi connectivity index (χ4v) is 3.55. The van der Waals surface area contributed by atoms with Gasteiger partial charge in [-0.15, -0.1) is 0 Å². The van der Waals surface area contributed by atoms with Gasteiger partial charge in [-0.3, -0.25) is 9.36 Å². The van der Waals surface area contributed by atoms with E-state index in [0.29, 0.717) is 16.5 Å². The van der Waals surface area contributed by atoms with Crippen molar-refractivity contribution in [1.82, 2.24) is 9.55 Å². The minimum absolute atomic E-state index is 0.116. The van der Waals surface area contributed by atoms with Crippen LogP contribution in [0.5, 0.6) is 5.75 Å². The average molecular weight is 402 g/mol. The first-order valence-corrected chi connectivity index (χ1v) is 9.65. The summed E-state index contributed by atoms with van der Waals surface area (Å²) >= 11 is 7.35. The van der Waals surface area contributed by atoms with Gasteiger partial charge in [0.15, 0.2) is 5.16 Å². The molecule has 27 heavy (non-hydrogen) atoms. The lowest BCUT2D eigenvalue weighted by atomic mass is 10.2. The lowest BCUT2D eigenvalue weighted by Gasteiger charge is -2.15. The van der Waals surface area contributed by atoms with Gasteiger partial charge in [0.2, 0.25) is 5.91 Å². The Balaban J connectivity index is 1.74. The van der Waals surface area contributed by atoms with Crippen LogP contribution in [0.2, 0.25) is 5.02 Å². The molecule has 0 fully saturated rings. The molecule has 140 valence electrons. The molecule has 1 heterocycles. The molecule has 0 radical (unpaired) electrons. The number of amides is 1. The van der Waals surface area contributed by atoms with Crippen molar-refractivity contribution in [3.05, 3.63) is 65.4 Å². The second-order valence-electron chi connectivity index (χ2n) is 6.01. The van der Waals surface area contributed by atoms with Crippen LogP contribution in [-0.2, 0) is 4.79 Å². The zero-order valence-electron chi connectivity index (χ0n) is 15.3. The molecule has 1 aromatic heterocycles. The maximum absolute atomic E-state index is 12.7. The van der Waals surface area contributed by atoms with Gasteiger partial charge in [-0.05, 0) is 55.8 Å². The Hall–Kier alpha value is -2.44. The standard InChI is InChI=1S/C20H20ClN3O2S/c1-13-4-9-18(26-3)17(12-13)23-19(25)14(2)27-20-22-10-11-24(20)16-7-5-15(21)6-8-16/h4-12,14H,1-3H3,(H,23,25)/t14-/m1/s1. The van der Waals surface area contributed by atoms with Gasteiger partial charge in [0, 0.05) is 23.1 Å². The summed E-state index contributed by atoms with van der Waals surface area (Å²) in [6.45, 7) is 3.82. The van der Waals surface area contributed by atoms with Crippen molar-refractivity contribution in [3.8, 4) is 11.4 Å². The maximum atomic E-state index is 12.7. The summed E-state index contributed by atoms with van der Waals surface area (Å²) in [5.74, 6) is 0.517. The number of aromatic nitrogens is 2. The molecule has 1 N–H and O–H groups in total. The van der Waals surface area contributed by atoms with Gasteiger partial charge in [-0.1, -0.05) is 29.4 Å². The molecule has 2 aromatic carbocycles. The van der Waals surface area contributed by atoms with E-state index in [1.807, 2.05) is 67.1 Å². The molecule has 5 nitrogen and oxygen atoms in total. The van der Waals surface area contributed by atoms with Gasteiger partial charge >= 0.3 is 0 Å². The van der Waals surface area contributed by atoms with E-state index < -0.39 is 0 Å². The van der Waals surface area contributed by atoms with E-state index in [-0.39, 0.29) is 11.2 Å². The summed E-state index contributed by atoms with van der Waals surface area (Å²) < 4.78 is 7.25. The molecule has 1 atom stereocenters. The fourth-order valence-electron chi connectivity index (χ4n) is 2.54. The van der Waals surface area contributed by atoms with Crippen molar-refractivity contribution in [3.63, 3.8) is 0 Å². The Morgan fingerprint density at radius 3 is 2.70 bits per heavy atom. The van der Waals surface area contributed by atoms with E-state index in [0.717, 1.165) is 16.4 Å². The summed E-state index contributed by atoms with van der Waals surface area (Å²) in [4.78, 5) is 17.0. The van der Waals surface area contributed by atoms with Gasteiger partial charge in [0.25, 0.3) is 0 Å². The number of rotatable bonds is 6. The lowest BCUT2D eigenvalue weighted by molar-refractivity contribution is -0.115.